The number of aryl methyl sites for hydroxylation is 1. The van der Waals surface area contributed by atoms with Gasteiger partial charge in [-0.2, -0.15) is 8.42 Å². The smallest absolute Gasteiger partial charge is 0.298 e. The highest BCUT2D eigenvalue weighted by Gasteiger charge is 2.17. The van der Waals surface area contributed by atoms with Crippen molar-refractivity contribution in [3.05, 3.63) is 23.8 Å². The fraction of sp³-hybridized carbons (Fsp3) is 0.333. The topological polar surface area (TPSA) is 83.6 Å². The summed E-state index contributed by atoms with van der Waals surface area (Å²) in [6.07, 6.45) is 0. The Morgan fingerprint density at radius 2 is 2.07 bits per heavy atom. The van der Waals surface area contributed by atoms with Crippen molar-refractivity contribution in [2.24, 2.45) is 5.14 Å². The van der Waals surface area contributed by atoms with Gasteiger partial charge in [-0.3, -0.25) is 4.31 Å². The minimum absolute atomic E-state index is 0.0118. The van der Waals surface area contributed by atoms with E-state index in [0.29, 0.717) is 5.69 Å². The van der Waals surface area contributed by atoms with E-state index in [1.165, 1.54) is 12.1 Å². The Morgan fingerprint density at radius 1 is 1.47 bits per heavy atom. The molecule has 0 aromatic heterocycles. The number of hydrogen-bond donors (Lipinski definition) is 2. The van der Waals surface area contributed by atoms with Gasteiger partial charge in [-0.15, -0.1) is 0 Å². The standard InChI is InChI=1S/C9H14N2O3S/c1-3-11(15(10,13)14)9-6-8(12)5-4-7(9)2/h4-6,12H,3H2,1-2H3,(H2,10,13,14). The van der Waals surface area contributed by atoms with Crippen molar-refractivity contribution in [1.29, 1.82) is 0 Å². The number of aromatic hydroxyl groups is 1. The number of benzene rings is 1. The molecule has 0 fully saturated rings. The first-order chi connectivity index (χ1) is 6.86. The molecule has 6 heteroatoms. The van der Waals surface area contributed by atoms with E-state index < -0.39 is 10.2 Å². The van der Waals surface area contributed by atoms with E-state index in [1.54, 1.807) is 19.9 Å². The van der Waals surface area contributed by atoms with Crippen LogP contribution >= 0.6 is 0 Å². The summed E-state index contributed by atoms with van der Waals surface area (Å²) in [5.41, 5.74) is 1.14. The van der Waals surface area contributed by atoms with Crippen LogP contribution in [0, 0.1) is 6.92 Å². The lowest BCUT2D eigenvalue weighted by Gasteiger charge is -2.21. The number of nitrogens with two attached hydrogens (primary N) is 1. The molecule has 0 heterocycles. The van der Waals surface area contributed by atoms with Crippen LogP contribution in [-0.4, -0.2) is 20.1 Å². The van der Waals surface area contributed by atoms with Crippen LogP contribution in [0.5, 0.6) is 5.75 Å². The largest absolute Gasteiger partial charge is 0.508 e. The van der Waals surface area contributed by atoms with Crippen molar-refractivity contribution < 1.29 is 13.5 Å². The fourth-order valence-corrected chi connectivity index (χ4v) is 2.18. The highest BCUT2D eigenvalue weighted by atomic mass is 32.2. The van der Waals surface area contributed by atoms with Gasteiger partial charge >= 0.3 is 0 Å². The maximum Gasteiger partial charge on any atom is 0.298 e. The van der Waals surface area contributed by atoms with Crippen LogP contribution in [-0.2, 0) is 10.2 Å². The van der Waals surface area contributed by atoms with Crippen LogP contribution in [0.1, 0.15) is 12.5 Å². The molecular weight excluding hydrogens is 216 g/mol. The predicted molar refractivity (Wildman–Crippen MR) is 59.0 cm³/mol. The van der Waals surface area contributed by atoms with Gasteiger partial charge in [-0.1, -0.05) is 6.07 Å². The zero-order valence-electron chi connectivity index (χ0n) is 8.64. The molecule has 0 saturated carbocycles. The Hall–Kier alpha value is -1.27. The third-order valence-electron chi connectivity index (χ3n) is 2.06. The van der Waals surface area contributed by atoms with Crippen molar-refractivity contribution >= 4 is 15.9 Å². The lowest BCUT2D eigenvalue weighted by molar-refractivity contribution is 0.475. The predicted octanol–water partition coefficient (Wildman–Crippen LogP) is 0.730. The molecule has 0 radical (unpaired) electrons. The molecule has 1 aromatic rings. The third-order valence-corrected chi connectivity index (χ3v) is 3.13. The van der Waals surface area contributed by atoms with Crippen molar-refractivity contribution in [3.8, 4) is 5.75 Å². The summed E-state index contributed by atoms with van der Waals surface area (Å²) in [6, 6.07) is 4.51. The van der Waals surface area contributed by atoms with Gasteiger partial charge in [0, 0.05) is 12.6 Å². The highest BCUT2D eigenvalue weighted by molar-refractivity contribution is 7.90. The van der Waals surface area contributed by atoms with Crippen molar-refractivity contribution in [1.82, 2.24) is 0 Å². The minimum Gasteiger partial charge on any atom is -0.508 e. The second-order valence-corrected chi connectivity index (χ2v) is 4.65. The average Bonchev–Trinajstić information content (AvgIpc) is 2.10. The first-order valence-electron chi connectivity index (χ1n) is 4.46. The summed E-state index contributed by atoms with van der Waals surface area (Å²) < 4.78 is 23.5. The summed E-state index contributed by atoms with van der Waals surface area (Å²) in [4.78, 5) is 0. The van der Waals surface area contributed by atoms with Crippen LogP contribution in [0.15, 0.2) is 18.2 Å². The number of hydrogen-bond acceptors (Lipinski definition) is 3. The van der Waals surface area contributed by atoms with E-state index in [9.17, 15) is 13.5 Å². The molecule has 0 amide bonds. The Balaban J connectivity index is 3.30. The lowest BCUT2D eigenvalue weighted by atomic mass is 10.2. The van der Waals surface area contributed by atoms with Crippen LogP contribution in [0.2, 0.25) is 0 Å². The van der Waals surface area contributed by atoms with E-state index in [1.807, 2.05) is 0 Å². The quantitative estimate of drug-likeness (QED) is 0.803. The molecule has 84 valence electrons. The normalized spacial score (nSPS) is 11.4. The Bertz CT molecular complexity index is 456. The summed E-state index contributed by atoms with van der Waals surface area (Å²) in [5, 5.41) is 14.3. The third kappa shape index (κ3) is 2.60. The Labute approximate surface area is 89.3 Å². The number of anilines is 1. The zero-order valence-corrected chi connectivity index (χ0v) is 9.45. The van der Waals surface area contributed by atoms with Crippen molar-refractivity contribution in [2.75, 3.05) is 10.8 Å². The molecule has 0 bridgehead atoms. The molecular formula is C9H14N2O3S. The van der Waals surface area contributed by atoms with Crippen LogP contribution in [0.25, 0.3) is 0 Å². The van der Waals surface area contributed by atoms with E-state index in [0.717, 1.165) is 9.87 Å². The molecule has 0 unspecified atom stereocenters. The summed E-state index contributed by atoms with van der Waals surface area (Å²) in [7, 11) is -3.79. The average molecular weight is 230 g/mol. The zero-order chi connectivity index (χ0) is 11.6. The van der Waals surface area contributed by atoms with Gasteiger partial charge in [0.25, 0.3) is 10.2 Å². The molecule has 15 heavy (non-hydrogen) atoms. The Kier molecular flexibility index (Phi) is 3.21. The summed E-state index contributed by atoms with van der Waals surface area (Å²) in [5.74, 6) is 0.0118. The monoisotopic (exact) mass is 230 g/mol. The molecule has 1 rings (SSSR count). The molecule has 5 nitrogen and oxygen atoms in total. The number of phenolic OH excluding ortho intramolecular Hbond substituents is 1. The fourth-order valence-electron chi connectivity index (χ4n) is 1.35. The second kappa shape index (κ2) is 4.08. The minimum atomic E-state index is -3.79. The van der Waals surface area contributed by atoms with Crippen molar-refractivity contribution in [3.63, 3.8) is 0 Å². The first-order valence-corrected chi connectivity index (χ1v) is 5.96. The number of phenols is 1. The molecule has 0 spiro atoms. The second-order valence-electron chi connectivity index (χ2n) is 3.18. The summed E-state index contributed by atoms with van der Waals surface area (Å²) in [6.45, 7) is 3.65. The molecule has 0 aliphatic heterocycles. The van der Waals surface area contributed by atoms with Gasteiger partial charge < -0.3 is 5.11 Å². The number of rotatable bonds is 3. The van der Waals surface area contributed by atoms with E-state index in [4.69, 9.17) is 5.14 Å². The summed E-state index contributed by atoms with van der Waals surface area (Å²) >= 11 is 0. The van der Waals surface area contributed by atoms with E-state index in [2.05, 4.69) is 0 Å². The van der Waals surface area contributed by atoms with E-state index in [-0.39, 0.29) is 12.3 Å². The van der Waals surface area contributed by atoms with Gasteiger partial charge in [0.1, 0.15) is 5.75 Å². The van der Waals surface area contributed by atoms with E-state index >= 15 is 0 Å². The maximum absolute atomic E-state index is 11.2. The van der Waals surface area contributed by atoms with Gasteiger partial charge in [-0.25, -0.2) is 5.14 Å². The van der Waals surface area contributed by atoms with Gasteiger partial charge in [0.05, 0.1) is 5.69 Å². The molecule has 3 N–H and O–H groups in total. The highest BCUT2D eigenvalue weighted by Crippen LogP contribution is 2.25. The maximum atomic E-state index is 11.2. The molecule has 0 atom stereocenters. The van der Waals surface area contributed by atoms with Crippen molar-refractivity contribution in [2.45, 2.75) is 13.8 Å². The van der Waals surface area contributed by atoms with Crippen LogP contribution in [0.3, 0.4) is 0 Å². The lowest BCUT2D eigenvalue weighted by Crippen LogP contribution is -2.36. The molecule has 1 aromatic carbocycles. The first kappa shape index (κ1) is 11.8. The van der Waals surface area contributed by atoms with Gasteiger partial charge in [0.2, 0.25) is 0 Å². The molecule has 0 saturated heterocycles. The molecule has 0 aliphatic rings. The van der Waals surface area contributed by atoms with Crippen LogP contribution in [0.4, 0.5) is 5.69 Å². The number of nitrogens with zero attached hydrogens (tertiary/aromatic N) is 1. The molecule has 0 aliphatic carbocycles. The van der Waals surface area contributed by atoms with Crippen LogP contribution < -0.4 is 9.44 Å². The SMILES string of the molecule is CCN(c1cc(O)ccc1C)S(N)(=O)=O. The van der Waals surface area contributed by atoms with Gasteiger partial charge in [-0.05, 0) is 25.5 Å². The Morgan fingerprint density at radius 3 is 2.53 bits per heavy atom. The van der Waals surface area contributed by atoms with Gasteiger partial charge in [0.15, 0.2) is 0 Å².